The van der Waals surface area contributed by atoms with Crippen LogP contribution in [0.2, 0.25) is 5.02 Å². The van der Waals surface area contributed by atoms with Crippen LogP contribution in [-0.4, -0.2) is 59.1 Å². The van der Waals surface area contributed by atoms with E-state index in [9.17, 15) is 9.59 Å². The minimum atomic E-state index is -0.645. The van der Waals surface area contributed by atoms with E-state index >= 15 is 0 Å². The molecule has 3 aliphatic rings. The fourth-order valence-corrected chi connectivity index (χ4v) is 5.98. The first kappa shape index (κ1) is 25.1. The van der Waals surface area contributed by atoms with Crippen molar-refractivity contribution in [3.8, 4) is 11.3 Å². The average Bonchev–Trinajstić information content (AvgIpc) is 3.62. The Morgan fingerprint density at radius 1 is 1.13 bits per heavy atom. The van der Waals surface area contributed by atoms with Crippen LogP contribution >= 0.6 is 11.6 Å². The Bertz CT molecular complexity index is 1290. The van der Waals surface area contributed by atoms with Crippen molar-refractivity contribution in [2.75, 3.05) is 26.2 Å². The van der Waals surface area contributed by atoms with Crippen molar-refractivity contribution in [1.82, 2.24) is 15.0 Å². The molecule has 1 aromatic heterocycles. The summed E-state index contributed by atoms with van der Waals surface area (Å²) in [5.74, 6) is 0.729. The van der Waals surface area contributed by atoms with Gasteiger partial charge in [0.05, 0.1) is 18.1 Å². The molecule has 7 nitrogen and oxygen atoms in total. The zero-order chi connectivity index (χ0) is 26.1. The standard InChI is InChI=1S/C30H32ClN3O4/c31-24-11-9-22(10-12-24)19-37-25-16-30(29(36)34(18-25)17-21-7-8-21)13-4-14-33(20-30)28(35)27-15-26(32-38-27)23-5-2-1-3-6-23/h1-3,5-6,9-12,15,21,25H,4,7-8,13-14,16-20H2/t25-,30+/m0/s1. The maximum atomic E-state index is 13.9. The Kier molecular flexibility index (Phi) is 6.97. The lowest BCUT2D eigenvalue weighted by atomic mass is 9.72. The van der Waals surface area contributed by atoms with Gasteiger partial charge in [-0.2, -0.15) is 0 Å². The lowest BCUT2D eigenvalue weighted by Gasteiger charge is -2.49. The summed E-state index contributed by atoms with van der Waals surface area (Å²) in [6.07, 6.45) is 4.38. The van der Waals surface area contributed by atoms with Crippen LogP contribution in [0.4, 0.5) is 0 Å². The third kappa shape index (κ3) is 5.36. The SMILES string of the molecule is O=C(c1cc(-c2ccccc2)no1)N1CCC[C@@]2(C[C@H](OCc3ccc(Cl)cc3)CN(CC3CC3)C2=O)C1. The minimum Gasteiger partial charge on any atom is -0.372 e. The molecule has 2 amide bonds. The molecule has 1 spiro atoms. The molecule has 3 heterocycles. The molecule has 2 atom stereocenters. The number of piperidine rings is 2. The predicted molar refractivity (Wildman–Crippen MR) is 143 cm³/mol. The highest BCUT2D eigenvalue weighted by molar-refractivity contribution is 6.30. The number of rotatable bonds is 7. The first-order chi connectivity index (χ1) is 18.5. The number of halogens is 1. The van der Waals surface area contributed by atoms with Gasteiger partial charge in [0.1, 0.15) is 5.69 Å². The number of hydrogen-bond acceptors (Lipinski definition) is 5. The van der Waals surface area contributed by atoms with E-state index in [0.29, 0.717) is 49.3 Å². The molecule has 0 unspecified atom stereocenters. The van der Waals surface area contributed by atoms with Crippen LogP contribution < -0.4 is 0 Å². The molecule has 1 aliphatic carbocycles. The van der Waals surface area contributed by atoms with Gasteiger partial charge in [-0.15, -0.1) is 0 Å². The molecule has 8 heteroatoms. The van der Waals surface area contributed by atoms with Crippen molar-refractivity contribution in [2.24, 2.45) is 11.3 Å². The number of hydrogen-bond donors (Lipinski definition) is 0. The number of ether oxygens (including phenoxy) is 1. The number of likely N-dealkylation sites (tertiary alicyclic amines) is 2. The van der Waals surface area contributed by atoms with Crippen LogP contribution in [0.25, 0.3) is 11.3 Å². The quantitative estimate of drug-likeness (QED) is 0.404. The van der Waals surface area contributed by atoms with Crippen molar-refractivity contribution in [3.05, 3.63) is 77.0 Å². The zero-order valence-electron chi connectivity index (χ0n) is 21.4. The highest BCUT2D eigenvalue weighted by atomic mass is 35.5. The van der Waals surface area contributed by atoms with E-state index in [0.717, 1.165) is 30.5 Å². The topological polar surface area (TPSA) is 75.9 Å². The number of nitrogens with zero attached hydrogens (tertiary/aromatic N) is 3. The number of carbonyl (C=O) groups is 2. The molecule has 38 heavy (non-hydrogen) atoms. The summed E-state index contributed by atoms with van der Waals surface area (Å²) in [7, 11) is 0. The summed E-state index contributed by atoms with van der Waals surface area (Å²) in [4.78, 5) is 31.2. The fraction of sp³-hybridized carbons (Fsp3) is 0.433. The highest BCUT2D eigenvalue weighted by Crippen LogP contribution is 2.42. The van der Waals surface area contributed by atoms with E-state index in [1.807, 2.05) is 59.5 Å². The predicted octanol–water partition coefficient (Wildman–Crippen LogP) is 5.45. The van der Waals surface area contributed by atoms with Crippen LogP contribution in [0.1, 0.15) is 48.2 Å². The Balaban J connectivity index is 1.19. The maximum Gasteiger partial charge on any atom is 0.292 e. The first-order valence-electron chi connectivity index (χ1n) is 13.5. The summed E-state index contributed by atoms with van der Waals surface area (Å²) in [6.45, 7) is 2.80. The van der Waals surface area contributed by atoms with Crippen LogP contribution in [0.5, 0.6) is 0 Å². The molecule has 2 aliphatic heterocycles. The molecule has 198 valence electrons. The molecule has 2 saturated heterocycles. The monoisotopic (exact) mass is 533 g/mol. The Hall–Kier alpha value is -3.16. The van der Waals surface area contributed by atoms with E-state index in [4.69, 9.17) is 20.9 Å². The van der Waals surface area contributed by atoms with Crippen LogP contribution in [-0.2, 0) is 16.1 Å². The zero-order valence-corrected chi connectivity index (χ0v) is 22.1. The Morgan fingerprint density at radius 2 is 1.92 bits per heavy atom. The molecule has 2 aromatic carbocycles. The lowest BCUT2D eigenvalue weighted by Crippen LogP contribution is -2.61. The lowest BCUT2D eigenvalue weighted by molar-refractivity contribution is -0.160. The van der Waals surface area contributed by atoms with Crippen molar-refractivity contribution < 1.29 is 18.8 Å². The molecule has 6 rings (SSSR count). The summed E-state index contributed by atoms with van der Waals surface area (Å²) in [5.41, 5.74) is 1.92. The van der Waals surface area contributed by atoms with E-state index in [-0.39, 0.29) is 23.7 Å². The molecule has 0 radical (unpaired) electrons. The van der Waals surface area contributed by atoms with Crippen LogP contribution in [0, 0.1) is 11.3 Å². The van der Waals surface area contributed by atoms with Gasteiger partial charge in [-0.1, -0.05) is 59.2 Å². The van der Waals surface area contributed by atoms with Crippen molar-refractivity contribution >= 4 is 23.4 Å². The molecular weight excluding hydrogens is 502 g/mol. The smallest absolute Gasteiger partial charge is 0.292 e. The minimum absolute atomic E-state index is 0.0906. The normalized spacial score (nSPS) is 23.7. The summed E-state index contributed by atoms with van der Waals surface area (Å²) in [5, 5.41) is 4.81. The van der Waals surface area contributed by atoms with Gasteiger partial charge in [-0.3, -0.25) is 9.59 Å². The summed E-state index contributed by atoms with van der Waals surface area (Å²) >= 11 is 6.04. The largest absolute Gasteiger partial charge is 0.372 e. The maximum absolute atomic E-state index is 13.9. The van der Waals surface area contributed by atoms with Crippen molar-refractivity contribution in [1.29, 1.82) is 0 Å². The molecule has 3 fully saturated rings. The average molecular weight is 534 g/mol. The third-order valence-corrected chi connectivity index (χ3v) is 8.26. The van der Waals surface area contributed by atoms with Crippen LogP contribution in [0.3, 0.4) is 0 Å². The highest BCUT2D eigenvalue weighted by Gasteiger charge is 2.51. The number of benzene rings is 2. The second-order valence-electron chi connectivity index (χ2n) is 11.0. The van der Waals surface area contributed by atoms with Gasteiger partial charge in [-0.25, -0.2) is 0 Å². The van der Waals surface area contributed by atoms with Crippen molar-refractivity contribution in [2.45, 2.75) is 44.8 Å². The third-order valence-electron chi connectivity index (χ3n) is 8.01. The van der Waals surface area contributed by atoms with Gasteiger partial charge in [0.25, 0.3) is 5.91 Å². The first-order valence-corrected chi connectivity index (χ1v) is 13.8. The summed E-state index contributed by atoms with van der Waals surface area (Å²) < 4.78 is 11.8. The second kappa shape index (κ2) is 10.5. The van der Waals surface area contributed by atoms with E-state index in [1.54, 1.807) is 11.0 Å². The van der Waals surface area contributed by atoms with Gasteiger partial charge in [0.15, 0.2) is 0 Å². The molecule has 0 N–H and O–H groups in total. The molecule has 0 bridgehead atoms. The van der Waals surface area contributed by atoms with Gasteiger partial charge in [0.2, 0.25) is 11.7 Å². The molecule has 3 aromatic rings. The number of carbonyl (C=O) groups excluding carboxylic acids is 2. The Labute approximate surface area is 227 Å². The fourth-order valence-electron chi connectivity index (χ4n) is 5.85. The van der Waals surface area contributed by atoms with Gasteiger partial charge >= 0.3 is 0 Å². The Morgan fingerprint density at radius 3 is 2.68 bits per heavy atom. The van der Waals surface area contributed by atoms with Gasteiger partial charge in [-0.05, 0) is 55.7 Å². The van der Waals surface area contributed by atoms with E-state index < -0.39 is 5.41 Å². The van der Waals surface area contributed by atoms with Crippen LogP contribution in [0.15, 0.2) is 65.2 Å². The molecular formula is C30H32ClN3O4. The van der Waals surface area contributed by atoms with Gasteiger partial charge in [0, 0.05) is 42.8 Å². The number of aromatic nitrogens is 1. The summed E-state index contributed by atoms with van der Waals surface area (Å²) in [6, 6.07) is 19.0. The van der Waals surface area contributed by atoms with Gasteiger partial charge < -0.3 is 19.1 Å². The van der Waals surface area contributed by atoms with E-state index in [2.05, 4.69) is 5.16 Å². The second-order valence-corrected chi connectivity index (χ2v) is 11.4. The van der Waals surface area contributed by atoms with Crippen molar-refractivity contribution in [3.63, 3.8) is 0 Å². The molecule has 1 saturated carbocycles. The van der Waals surface area contributed by atoms with E-state index in [1.165, 1.54) is 12.8 Å². The number of amides is 2.